The molecule has 3 nitrogen and oxygen atoms in total. The van der Waals surface area contributed by atoms with Crippen LogP contribution in [-0.4, -0.2) is 23.6 Å². The van der Waals surface area contributed by atoms with E-state index < -0.39 is 0 Å². The molecule has 0 spiro atoms. The number of nitrogens with one attached hydrogen (secondary N) is 1. The molecular weight excluding hydrogens is 244 g/mol. The van der Waals surface area contributed by atoms with Crippen molar-refractivity contribution in [1.82, 2.24) is 9.69 Å². The second-order valence-electron chi connectivity index (χ2n) is 5.23. The van der Waals surface area contributed by atoms with E-state index in [1.165, 1.54) is 28.6 Å². The average molecular weight is 260 g/mol. The molecule has 1 unspecified atom stereocenters. The minimum absolute atomic E-state index is 0.332. The van der Waals surface area contributed by atoms with Crippen LogP contribution in [0.25, 0.3) is 10.1 Å². The lowest BCUT2D eigenvalue weighted by Crippen LogP contribution is -2.19. The molecular formula is C14H16N2OS. The Bertz CT molecular complexity index is 570. The van der Waals surface area contributed by atoms with Crippen LogP contribution < -0.4 is 10.1 Å². The van der Waals surface area contributed by atoms with Gasteiger partial charge in [-0.05, 0) is 55.5 Å². The fraction of sp³-hybridized carbons (Fsp3) is 0.500. The van der Waals surface area contributed by atoms with Gasteiger partial charge in [0.05, 0.1) is 10.4 Å². The molecule has 1 saturated carbocycles. The first kappa shape index (κ1) is 10.8. The van der Waals surface area contributed by atoms with Crippen molar-refractivity contribution in [3.05, 3.63) is 23.9 Å². The van der Waals surface area contributed by atoms with Crippen molar-refractivity contribution in [3.8, 4) is 5.75 Å². The molecule has 1 atom stereocenters. The van der Waals surface area contributed by atoms with Gasteiger partial charge >= 0.3 is 0 Å². The van der Waals surface area contributed by atoms with Crippen molar-refractivity contribution >= 4 is 21.6 Å². The van der Waals surface area contributed by atoms with Crippen LogP contribution in [0.1, 0.15) is 30.9 Å². The summed E-state index contributed by atoms with van der Waals surface area (Å²) in [7, 11) is 0. The van der Waals surface area contributed by atoms with Crippen LogP contribution in [0, 0.1) is 0 Å². The Hall–Kier alpha value is -1.13. The first-order valence-corrected chi connectivity index (χ1v) is 7.44. The zero-order valence-corrected chi connectivity index (χ0v) is 11.0. The van der Waals surface area contributed by atoms with Crippen molar-refractivity contribution in [3.63, 3.8) is 0 Å². The summed E-state index contributed by atoms with van der Waals surface area (Å²) in [6, 6.07) is 6.43. The van der Waals surface area contributed by atoms with Crippen LogP contribution in [0.15, 0.2) is 18.2 Å². The van der Waals surface area contributed by atoms with Crippen molar-refractivity contribution in [2.45, 2.75) is 31.3 Å². The third kappa shape index (κ3) is 1.89. The van der Waals surface area contributed by atoms with Crippen LogP contribution in [-0.2, 0) is 0 Å². The Balaban J connectivity index is 1.62. The van der Waals surface area contributed by atoms with Crippen molar-refractivity contribution < 1.29 is 4.74 Å². The summed E-state index contributed by atoms with van der Waals surface area (Å²) in [6.07, 6.45) is 4.06. The van der Waals surface area contributed by atoms with Gasteiger partial charge in [-0.2, -0.15) is 4.37 Å². The quantitative estimate of drug-likeness (QED) is 0.921. The van der Waals surface area contributed by atoms with Crippen LogP contribution in [0.4, 0.5) is 0 Å². The topological polar surface area (TPSA) is 34.1 Å². The minimum atomic E-state index is 0.332. The number of hydrogen-bond acceptors (Lipinski definition) is 4. The van der Waals surface area contributed by atoms with Gasteiger partial charge in [0, 0.05) is 17.8 Å². The van der Waals surface area contributed by atoms with Crippen LogP contribution in [0.5, 0.6) is 5.75 Å². The molecule has 1 N–H and O–H groups in total. The first-order valence-electron chi connectivity index (χ1n) is 6.67. The summed E-state index contributed by atoms with van der Waals surface area (Å²) in [5.41, 5.74) is 1.31. The third-order valence-corrected chi connectivity index (χ3v) is 4.58. The Morgan fingerprint density at radius 1 is 1.28 bits per heavy atom. The molecule has 1 aromatic heterocycles. The zero-order valence-electron chi connectivity index (χ0n) is 10.2. The number of hydrogen-bond donors (Lipinski definition) is 1. The Morgan fingerprint density at radius 3 is 3.00 bits per heavy atom. The molecule has 1 aliphatic heterocycles. The predicted molar refractivity (Wildman–Crippen MR) is 73.5 cm³/mol. The van der Waals surface area contributed by atoms with Crippen LogP contribution in [0.2, 0.25) is 0 Å². The molecule has 1 aliphatic carbocycles. The number of fused-ring (bicyclic) bond motifs is 1. The van der Waals surface area contributed by atoms with E-state index in [1.54, 1.807) is 11.5 Å². The summed E-state index contributed by atoms with van der Waals surface area (Å²) >= 11 is 1.61. The number of ether oxygens (including phenoxy) is 1. The highest BCUT2D eigenvalue weighted by Gasteiger charge is 2.28. The smallest absolute Gasteiger partial charge is 0.121 e. The molecule has 2 aliphatic rings. The monoisotopic (exact) mass is 260 g/mol. The highest BCUT2D eigenvalue weighted by Crippen LogP contribution is 2.44. The Morgan fingerprint density at radius 2 is 2.22 bits per heavy atom. The Kier molecular flexibility index (Phi) is 2.52. The van der Waals surface area contributed by atoms with E-state index in [0.29, 0.717) is 6.10 Å². The lowest BCUT2D eigenvalue weighted by atomic mass is 10.1. The first-order chi connectivity index (χ1) is 8.90. The highest BCUT2D eigenvalue weighted by molar-refractivity contribution is 7.13. The standard InChI is InChI=1S/C14H16N2OS/c1-2-9(1)14-12-4-3-10(7-13(12)18-16-14)17-11-5-6-15-8-11/h3-4,7,9,11,15H,1-2,5-6,8H2. The third-order valence-electron chi connectivity index (χ3n) is 3.75. The molecule has 1 saturated heterocycles. The maximum atomic E-state index is 5.99. The number of nitrogens with zero attached hydrogens (tertiary/aromatic N) is 1. The molecule has 2 aromatic rings. The maximum absolute atomic E-state index is 5.99. The van der Waals surface area contributed by atoms with Gasteiger partial charge in [0.2, 0.25) is 0 Å². The van der Waals surface area contributed by atoms with Gasteiger partial charge in [0.25, 0.3) is 0 Å². The molecule has 2 fully saturated rings. The minimum Gasteiger partial charge on any atom is -0.489 e. The largest absolute Gasteiger partial charge is 0.489 e. The fourth-order valence-corrected chi connectivity index (χ4v) is 3.47. The van der Waals surface area contributed by atoms with Crippen LogP contribution in [0.3, 0.4) is 0 Å². The summed E-state index contributed by atoms with van der Waals surface area (Å²) in [5.74, 6) is 1.71. The molecule has 4 rings (SSSR count). The Labute approximate surface area is 110 Å². The van der Waals surface area contributed by atoms with Gasteiger partial charge in [-0.3, -0.25) is 0 Å². The molecule has 2 heterocycles. The highest BCUT2D eigenvalue weighted by atomic mass is 32.1. The number of benzene rings is 1. The fourth-order valence-electron chi connectivity index (χ4n) is 2.58. The van der Waals surface area contributed by atoms with Gasteiger partial charge in [-0.25, -0.2) is 0 Å². The van der Waals surface area contributed by atoms with E-state index >= 15 is 0 Å². The summed E-state index contributed by atoms with van der Waals surface area (Å²) in [6.45, 7) is 2.04. The van der Waals surface area contributed by atoms with Gasteiger partial charge in [-0.15, -0.1) is 0 Å². The second kappa shape index (κ2) is 4.21. The average Bonchev–Trinajstić information content (AvgIpc) is 2.94. The molecule has 1 aromatic carbocycles. The number of rotatable bonds is 3. The predicted octanol–water partition coefficient (Wildman–Crippen LogP) is 2.91. The lowest BCUT2D eigenvalue weighted by molar-refractivity contribution is 0.223. The molecule has 4 heteroatoms. The maximum Gasteiger partial charge on any atom is 0.121 e. The van der Waals surface area contributed by atoms with Crippen molar-refractivity contribution in [1.29, 1.82) is 0 Å². The molecule has 0 amide bonds. The van der Waals surface area contributed by atoms with E-state index in [1.807, 2.05) is 0 Å². The molecule has 94 valence electrons. The van der Waals surface area contributed by atoms with E-state index in [4.69, 9.17) is 4.74 Å². The summed E-state index contributed by atoms with van der Waals surface area (Å²) in [5, 5.41) is 4.66. The van der Waals surface area contributed by atoms with Crippen molar-refractivity contribution in [2.75, 3.05) is 13.1 Å². The van der Waals surface area contributed by atoms with Gasteiger partial charge < -0.3 is 10.1 Å². The van der Waals surface area contributed by atoms with E-state index in [0.717, 1.165) is 31.2 Å². The van der Waals surface area contributed by atoms with E-state index in [9.17, 15) is 0 Å². The SMILES string of the molecule is c1cc2c(C3CC3)nsc2cc1OC1CCNC1. The van der Waals surface area contributed by atoms with Crippen molar-refractivity contribution in [2.24, 2.45) is 0 Å². The molecule has 18 heavy (non-hydrogen) atoms. The normalized spacial score (nSPS) is 23.7. The van der Waals surface area contributed by atoms with Gasteiger partial charge in [0.1, 0.15) is 11.9 Å². The van der Waals surface area contributed by atoms with Gasteiger partial charge in [0.15, 0.2) is 0 Å². The lowest BCUT2D eigenvalue weighted by Gasteiger charge is -2.12. The van der Waals surface area contributed by atoms with E-state index in [-0.39, 0.29) is 0 Å². The second-order valence-corrected chi connectivity index (χ2v) is 6.04. The van der Waals surface area contributed by atoms with Crippen LogP contribution >= 0.6 is 11.5 Å². The van der Waals surface area contributed by atoms with Gasteiger partial charge in [-0.1, -0.05) is 0 Å². The molecule has 0 bridgehead atoms. The van der Waals surface area contributed by atoms with E-state index in [2.05, 4.69) is 27.9 Å². The molecule has 0 radical (unpaired) electrons. The zero-order chi connectivity index (χ0) is 11.9. The summed E-state index contributed by atoms with van der Waals surface area (Å²) < 4.78 is 11.9. The number of aromatic nitrogens is 1. The summed E-state index contributed by atoms with van der Waals surface area (Å²) in [4.78, 5) is 0.